The van der Waals surface area contributed by atoms with Gasteiger partial charge in [-0.2, -0.15) is 0 Å². The SMILES string of the molecule is O=C(O)CCc1cc(F)ccc1-c1cnc2nc(COc3ccccn3)cn2c1. The van der Waals surface area contributed by atoms with Crippen LogP contribution < -0.4 is 4.74 Å². The van der Waals surface area contributed by atoms with Gasteiger partial charge in [0.05, 0.1) is 5.69 Å². The molecule has 0 aliphatic carbocycles. The number of pyridine rings is 1. The summed E-state index contributed by atoms with van der Waals surface area (Å²) in [4.78, 5) is 23.8. The summed E-state index contributed by atoms with van der Waals surface area (Å²) in [5.74, 6) is -0.323. The normalized spacial score (nSPS) is 10.9. The average Bonchev–Trinajstić information content (AvgIpc) is 3.14. The molecular formula is C21H17FN4O3. The third kappa shape index (κ3) is 4.37. The minimum Gasteiger partial charge on any atom is -0.481 e. The lowest BCUT2D eigenvalue weighted by Gasteiger charge is -2.09. The number of imidazole rings is 1. The van der Waals surface area contributed by atoms with E-state index >= 15 is 0 Å². The van der Waals surface area contributed by atoms with Crippen LogP contribution in [-0.4, -0.2) is 30.4 Å². The molecule has 0 bridgehead atoms. The Bertz CT molecular complexity index is 1160. The van der Waals surface area contributed by atoms with Gasteiger partial charge in [0.2, 0.25) is 11.7 Å². The molecule has 0 spiro atoms. The highest BCUT2D eigenvalue weighted by atomic mass is 19.1. The van der Waals surface area contributed by atoms with Crippen LogP contribution in [0.25, 0.3) is 16.9 Å². The number of nitrogens with zero attached hydrogens (tertiary/aromatic N) is 4. The Morgan fingerprint density at radius 1 is 1.17 bits per heavy atom. The highest BCUT2D eigenvalue weighted by molar-refractivity contribution is 5.70. The summed E-state index contributed by atoms with van der Waals surface area (Å²) in [5, 5.41) is 8.95. The molecule has 3 aromatic heterocycles. The standard InChI is InChI=1S/C21H17FN4O3/c22-16-5-6-18(14(9-16)4-7-20(27)28)15-10-24-21-25-17(12-26(21)11-15)13-29-19-3-1-2-8-23-19/h1-3,5-6,8-12H,4,7,13H2,(H,27,28). The van der Waals surface area contributed by atoms with Gasteiger partial charge in [0.1, 0.15) is 12.4 Å². The molecule has 0 radical (unpaired) electrons. The second-order valence-electron chi connectivity index (χ2n) is 6.43. The number of halogens is 1. The van der Waals surface area contributed by atoms with E-state index in [4.69, 9.17) is 9.84 Å². The molecular weight excluding hydrogens is 375 g/mol. The van der Waals surface area contributed by atoms with Gasteiger partial charge in [-0.25, -0.2) is 19.3 Å². The van der Waals surface area contributed by atoms with Crippen molar-refractivity contribution in [3.63, 3.8) is 0 Å². The van der Waals surface area contributed by atoms with Crippen molar-refractivity contribution in [2.45, 2.75) is 19.4 Å². The fourth-order valence-corrected chi connectivity index (χ4v) is 3.02. The van der Waals surface area contributed by atoms with Crippen molar-refractivity contribution in [1.29, 1.82) is 0 Å². The average molecular weight is 392 g/mol. The van der Waals surface area contributed by atoms with Crippen molar-refractivity contribution in [2.24, 2.45) is 0 Å². The maximum absolute atomic E-state index is 13.7. The summed E-state index contributed by atoms with van der Waals surface area (Å²) in [6.45, 7) is 0.246. The van der Waals surface area contributed by atoms with Crippen LogP contribution in [-0.2, 0) is 17.8 Å². The van der Waals surface area contributed by atoms with E-state index in [9.17, 15) is 9.18 Å². The van der Waals surface area contributed by atoms with Crippen molar-refractivity contribution in [1.82, 2.24) is 19.4 Å². The molecule has 3 heterocycles. The second kappa shape index (κ2) is 8.05. The highest BCUT2D eigenvalue weighted by Crippen LogP contribution is 2.25. The molecule has 1 aromatic carbocycles. The van der Waals surface area contributed by atoms with E-state index in [0.29, 0.717) is 22.9 Å². The first kappa shape index (κ1) is 18.5. The number of aromatic nitrogens is 4. The predicted molar refractivity (Wildman–Crippen MR) is 103 cm³/mol. The lowest BCUT2D eigenvalue weighted by atomic mass is 9.98. The molecule has 0 saturated carbocycles. The quantitative estimate of drug-likeness (QED) is 0.518. The van der Waals surface area contributed by atoms with Crippen LogP contribution >= 0.6 is 0 Å². The second-order valence-corrected chi connectivity index (χ2v) is 6.43. The van der Waals surface area contributed by atoms with E-state index in [1.807, 2.05) is 18.3 Å². The zero-order valence-corrected chi connectivity index (χ0v) is 15.3. The molecule has 1 N–H and O–H groups in total. The van der Waals surface area contributed by atoms with Crippen molar-refractivity contribution in [3.8, 4) is 17.0 Å². The summed E-state index contributed by atoms with van der Waals surface area (Å²) >= 11 is 0. The van der Waals surface area contributed by atoms with Crippen LogP contribution in [0.1, 0.15) is 17.7 Å². The van der Waals surface area contributed by atoms with Gasteiger partial charge in [-0.3, -0.25) is 9.20 Å². The lowest BCUT2D eigenvalue weighted by Crippen LogP contribution is -2.00. The Hall–Kier alpha value is -3.81. The molecule has 146 valence electrons. The Kier molecular flexibility index (Phi) is 5.15. The predicted octanol–water partition coefficient (Wildman–Crippen LogP) is 3.53. The first-order chi connectivity index (χ1) is 14.1. The minimum atomic E-state index is -0.930. The molecule has 0 aliphatic rings. The fraction of sp³-hybridized carbons (Fsp3) is 0.143. The van der Waals surface area contributed by atoms with E-state index in [0.717, 1.165) is 11.1 Å². The number of hydrogen-bond acceptors (Lipinski definition) is 5. The molecule has 8 heteroatoms. The molecule has 0 unspecified atom stereocenters. The van der Waals surface area contributed by atoms with Crippen LogP contribution in [0.3, 0.4) is 0 Å². The number of hydrogen-bond donors (Lipinski definition) is 1. The van der Waals surface area contributed by atoms with E-state index in [-0.39, 0.29) is 19.4 Å². The third-order valence-electron chi connectivity index (χ3n) is 4.35. The van der Waals surface area contributed by atoms with Gasteiger partial charge in [-0.05, 0) is 35.7 Å². The van der Waals surface area contributed by atoms with Crippen LogP contribution in [0.4, 0.5) is 4.39 Å². The minimum absolute atomic E-state index is 0.0772. The lowest BCUT2D eigenvalue weighted by molar-refractivity contribution is -0.136. The largest absolute Gasteiger partial charge is 0.481 e. The maximum atomic E-state index is 13.7. The van der Waals surface area contributed by atoms with E-state index < -0.39 is 11.8 Å². The first-order valence-electron chi connectivity index (χ1n) is 8.96. The summed E-state index contributed by atoms with van der Waals surface area (Å²) in [5.41, 5.74) is 2.78. The van der Waals surface area contributed by atoms with Gasteiger partial charge >= 0.3 is 5.97 Å². The van der Waals surface area contributed by atoms with Crippen molar-refractivity contribution in [2.75, 3.05) is 0 Å². The smallest absolute Gasteiger partial charge is 0.303 e. The fourth-order valence-electron chi connectivity index (χ4n) is 3.02. The van der Waals surface area contributed by atoms with Gasteiger partial charge < -0.3 is 9.84 Å². The van der Waals surface area contributed by atoms with Gasteiger partial charge in [-0.15, -0.1) is 0 Å². The van der Waals surface area contributed by atoms with E-state index in [1.165, 1.54) is 12.1 Å². The van der Waals surface area contributed by atoms with Crippen molar-refractivity contribution in [3.05, 3.63) is 78.3 Å². The molecule has 7 nitrogen and oxygen atoms in total. The first-order valence-corrected chi connectivity index (χ1v) is 8.96. The van der Waals surface area contributed by atoms with Crippen LogP contribution in [0.15, 0.2) is 61.2 Å². The zero-order chi connectivity index (χ0) is 20.2. The molecule has 0 aliphatic heterocycles. The molecule has 0 fully saturated rings. The maximum Gasteiger partial charge on any atom is 0.303 e. The Labute approximate surface area is 165 Å². The molecule has 4 aromatic rings. The van der Waals surface area contributed by atoms with Gasteiger partial charge in [0.15, 0.2) is 0 Å². The number of rotatable bonds is 7. The molecule has 0 saturated heterocycles. The van der Waals surface area contributed by atoms with E-state index in [2.05, 4.69) is 15.0 Å². The van der Waals surface area contributed by atoms with Crippen molar-refractivity contribution < 1.29 is 19.0 Å². The number of carbonyl (C=O) groups is 1. The summed E-state index contributed by atoms with van der Waals surface area (Å²) in [7, 11) is 0. The summed E-state index contributed by atoms with van der Waals surface area (Å²) in [6.07, 6.45) is 7.08. The van der Waals surface area contributed by atoms with Crippen molar-refractivity contribution >= 4 is 11.7 Å². The third-order valence-corrected chi connectivity index (χ3v) is 4.35. The van der Waals surface area contributed by atoms with E-state index in [1.54, 1.807) is 35.1 Å². The van der Waals surface area contributed by atoms with Crippen LogP contribution in [0.5, 0.6) is 5.88 Å². The summed E-state index contributed by atoms with van der Waals surface area (Å²) < 4.78 is 21.0. The molecule has 0 atom stereocenters. The van der Waals surface area contributed by atoms with Crippen LogP contribution in [0, 0.1) is 5.82 Å². The number of aliphatic carboxylic acids is 1. The van der Waals surface area contributed by atoms with Gasteiger partial charge in [0, 0.05) is 42.8 Å². The number of carboxylic acid groups (broad SMARTS) is 1. The topological polar surface area (TPSA) is 89.6 Å². The number of fused-ring (bicyclic) bond motifs is 1. The number of ether oxygens (including phenoxy) is 1. The number of aryl methyl sites for hydroxylation is 1. The Morgan fingerprint density at radius 3 is 2.86 bits per heavy atom. The summed E-state index contributed by atoms with van der Waals surface area (Å²) in [6, 6.07) is 9.76. The van der Waals surface area contributed by atoms with Gasteiger partial charge in [-0.1, -0.05) is 12.1 Å². The molecule has 0 amide bonds. The zero-order valence-electron chi connectivity index (χ0n) is 15.3. The monoisotopic (exact) mass is 392 g/mol. The van der Waals surface area contributed by atoms with Crippen LogP contribution in [0.2, 0.25) is 0 Å². The molecule has 4 rings (SSSR count). The number of carboxylic acids is 1. The molecule has 29 heavy (non-hydrogen) atoms. The Morgan fingerprint density at radius 2 is 2.07 bits per heavy atom. The Balaban J connectivity index is 1.60. The van der Waals surface area contributed by atoms with Gasteiger partial charge in [0.25, 0.3) is 0 Å². The number of benzene rings is 1. The highest BCUT2D eigenvalue weighted by Gasteiger charge is 2.11.